The van der Waals surface area contributed by atoms with E-state index in [4.69, 9.17) is 4.74 Å². The normalized spacial score (nSPS) is 12.2. The van der Waals surface area contributed by atoms with Crippen LogP contribution in [0, 0.1) is 6.92 Å². The van der Waals surface area contributed by atoms with E-state index in [1.165, 1.54) is 12.0 Å². The lowest BCUT2D eigenvalue weighted by atomic mass is 10.1. The van der Waals surface area contributed by atoms with Crippen LogP contribution in [0.3, 0.4) is 0 Å². The highest BCUT2D eigenvalue weighted by atomic mass is 32.2. The summed E-state index contributed by atoms with van der Waals surface area (Å²) in [5, 5.41) is 2.88. The van der Waals surface area contributed by atoms with Crippen molar-refractivity contribution in [3.63, 3.8) is 0 Å². The van der Waals surface area contributed by atoms with Crippen molar-refractivity contribution in [3.05, 3.63) is 59.7 Å². The average Bonchev–Trinajstić information content (AvgIpc) is 2.76. The molecule has 0 bridgehead atoms. The average molecular weight is 490 g/mol. The van der Waals surface area contributed by atoms with Crippen molar-refractivity contribution in [3.8, 4) is 5.75 Å². The van der Waals surface area contributed by atoms with Crippen LogP contribution in [-0.4, -0.2) is 57.1 Å². The highest BCUT2D eigenvalue weighted by Crippen LogP contribution is 2.29. The molecular formula is C25H35N3O5S. The van der Waals surface area contributed by atoms with Crippen LogP contribution in [0.15, 0.2) is 48.5 Å². The van der Waals surface area contributed by atoms with E-state index < -0.39 is 28.5 Å². The van der Waals surface area contributed by atoms with Gasteiger partial charge in [0.25, 0.3) is 0 Å². The number of ether oxygens (including phenoxy) is 1. The predicted molar refractivity (Wildman–Crippen MR) is 134 cm³/mol. The monoisotopic (exact) mass is 489 g/mol. The van der Waals surface area contributed by atoms with Crippen molar-refractivity contribution in [2.45, 2.75) is 52.7 Å². The van der Waals surface area contributed by atoms with Gasteiger partial charge < -0.3 is 15.0 Å². The summed E-state index contributed by atoms with van der Waals surface area (Å²) in [5.41, 5.74) is 2.14. The van der Waals surface area contributed by atoms with Crippen LogP contribution in [0.2, 0.25) is 0 Å². The van der Waals surface area contributed by atoms with Gasteiger partial charge in [-0.1, -0.05) is 48.9 Å². The van der Waals surface area contributed by atoms with Crippen LogP contribution in [0.1, 0.15) is 38.3 Å². The maximum Gasteiger partial charge on any atom is 0.244 e. The molecule has 0 unspecified atom stereocenters. The van der Waals surface area contributed by atoms with E-state index in [1.807, 2.05) is 52.0 Å². The van der Waals surface area contributed by atoms with Crippen LogP contribution in [0.25, 0.3) is 0 Å². The molecule has 186 valence electrons. The second-order valence-electron chi connectivity index (χ2n) is 8.54. The van der Waals surface area contributed by atoms with Gasteiger partial charge in [-0.15, -0.1) is 0 Å². The minimum absolute atomic E-state index is 0.0985. The van der Waals surface area contributed by atoms with Gasteiger partial charge in [-0.3, -0.25) is 13.9 Å². The fourth-order valence-electron chi connectivity index (χ4n) is 3.74. The Kier molecular flexibility index (Phi) is 9.49. The Labute approximate surface area is 202 Å². The van der Waals surface area contributed by atoms with Crippen LogP contribution in [0.5, 0.6) is 5.75 Å². The number of anilines is 1. The number of nitrogens with zero attached hydrogens (tertiary/aromatic N) is 2. The van der Waals surface area contributed by atoms with Crippen molar-refractivity contribution in [2.75, 3.05) is 24.2 Å². The molecule has 0 aliphatic heterocycles. The molecule has 0 saturated carbocycles. The first-order chi connectivity index (χ1) is 16.0. The third kappa shape index (κ3) is 7.21. The van der Waals surface area contributed by atoms with Gasteiger partial charge in [0.15, 0.2) is 0 Å². The third-order valence-electron chi connectivity index (χ3n) is 5.29. The molecular weight excluding hydrogens is 454 g/mol. The van der Waals surface area contributed by atoms with Gasteiger partial charge in [-0.05, 0) is 44.9 Å². The molecule has 2 rings (SSSR count). The van der Waals surface area contributed by atoms with Gasteiger partial charge in [0.05, 0.1) is 19.1 Å². The van der Waals surface area contributed by atoms with Crippen LogP contribution < -0.4 is 14.4 Å². The van der Waals surface area contributed by atoms with Gasteiger partial charge in [-0.25, -0.2) is 8.42 Å². The maximum absolute atomic E-state index is 13.7. The lowest BCUT2D eigenvalue weighted by Gasteiger charge is -2.33. The molecule has 9 heteroatoms. The third-order valence-corrected chi connectivity index (χ3v) is 6.41. The second-order valence-corrected chi connectivity index (χ2v) is 10.4. The number of nitrogens with one attached hydrogen (secondary N) is 1. The number of amides is 2. The topological polar surface area (TPSA) is 96.0 Å². The van der Waals surface area contributed by atoms with Crippen LogP contribution >= 0.6 is 0 Å². The van der Waals surface area contributed by atoms with Crippen LogP contribution in [0.4, 0.5) is 5.69 Å². The van der Waals surface area contributed by atoms with Gasteiger partial charge in [-0.2, -0.15) is 0 Å². The molecule has 2 aromatic carbocycles. The fourth-order valence-corrected chi connectivity index (χ4v) is 4.59. The minimum Gasteiger partial charge on any atom is -0.495 e. The zero-order valence-corrected chi connectivity index (χ0v) is 21.6. The first kappa shape index (κ1) is 27.2. The van der Waals surface area contributed by atoms with Gasteiger partial charge in [0, 0.05) is 12.6 Å². The number of para-hydroxylation sites is 2. The highest BCUT2D eigenvalue weighted by Gasteiger charge is 2.32. The fraction of sp³-hybridized carbons (Fsp3) is 0.440. The van der Waals surface area contributed by atoms with E-state index in [2.05, 4.69) is 5.32 Å². The number of rotatable bonds is 11. The Hall–Kier alpha value is -3.07. The summed E-state index contributed by atoms with van der Waals surface area (Å²) in [4.78, 5) is 28.1. The Morgan fingerprint density at radius 2 is 1.76 bits per heavy atom. The SMILES string of the molecule is CC[C@H](C(=O)NC(C)C)N(Cc1cccc(C)c1)C(=O)CN(c1ccccc1OC)S(C)(=O)=O. The molecule has 34 heavy (non-hydrogen) atoms. The zero-order chi connectivity index (χ0) is 25.5. The van der Waals surface area contributed by atoms with E-state index in [-0.39, 0.29) is 24.2 Å². The first-order valence-corrected chi connectivity index (χ1v) is 13.1. The van der Waals surface area contributed by atoms with Crippen molar-refractivity contribution < 1.29 is 22.7 Å². The maximum atomic E-state index is 13.7. The number of carbonyl (C=O) groups excluding carboxylic acids is 2. The summed E-state index contributed by atoms with van der Waals surface area (Å²) in [7, 11) is -2.39. The van der Waals surface area contributed by atoms with Crippen molar-refractivity contribution in [1.82, 2.24) is 10.2 Å². The molecule has 0 spiro atoms. The zero-order valence-electron chi connectivity index (χ0n) is 20.7. The van der Waals surface area contributed by atoms with Gasteiger partial charge in [0.1, 0.15) is 18.3 Å². The predicted octanol–water partition coefficient (Wildman–Crippen LogP) is 3.10. The molecule has 0 aromatic heterocycles. The molecule has 0 saturated heterocycles. The Balaban J connectivity index is 2.48. The summed E-state index contributed by atoms with van der Waals surface area (Å²) >= 11 is 0. The van der Waals surface area contributed by atoms with E-state index >= 15 is 0 Å². The summed E-state index contributed by atoms with van der Waals surface area (Å²) in [6, 6.07) is 13.4. The molecule has 0 fully saturated rings. The molecule has 2 aromatic rings. The molecule has 8 nitrogen and oxygen atoms in total. The summed E-state index contributed by atoms with van der Waals surface area (Å²) in [6.07, 6.45) is 1.42. The number of benzene rings is 2. The highest BCUT2D eigenvalue weighted by molar-refractivity contribution is 7.92. The Bertz CT molecular complexity index is 1100. The Morgan fingerprint density at radius 1 is 1.09 bits per heavy atom. The van der Waals surface area contributed by atoms with Gasteiger partial charge in [0.2, 0.25) is 21.8 Å². The lowest BCUT2D eigenvalue weighted by Crippen LogP contribution is -2.53. The quantitative estimate of drug-likeness (QED) is 0.523. The second kappa shape index (κ2) is 11.9. The van der Waals surface area contributed by atoms with E-state index in [9.17, 15) is 18.0 Å². The number of hydrogen-bond donors (Lipinski definition) is 1. The molecule has 0 aliphatic rings. The molecule has 1 atom stereocenters. The van der Waals surface area contributed by atoms with Crippen LogP contribution in [-0.2, 0) is 26.2 Å². The molecule has 0 radical (unpaired) electrons. The number of carbonyl (C=O) groups is 2. The van der Waals surface area contributed by atoms with Crippen molar-refractivity contribution in [1.29, 1.82) is 0 Å². The van der Waals surface area contributed by atoms with E-state index in [0.717, 1.165) is 21.7 Å². The molecule has 2 amide bonds. The van der Waals surface area contributed by atoms with E-state index in [1.54, 1.807) is 24.3 Å². The standard InChI is InChI=1S/C25H35N3O5S/c1-7-21(25(30)26-18(2)3)27(16-20-12-10-11-19(4)15-20)24(29)17-28(34(6,31)32)22-13-8-9-14-23(22)33-5/h8-15,18,21H,7,16-17H2,1-6H3,(H,26,30)/t21-/m1/s1. The van der Waals surface area contributed by atoms with Crippen molar-refractivity contribution in [2.24, 2.45) is 0 Å². The smallest absolute Gasteiger partial charge is 0.244 e. The number of sulfonamides is 1. The number of methoxy groups -OCH3 is 1. The minimum atomic E-state index is -3.83. The number of hydrogen-bond acceptors (Lipinski definition) is 5. The summed E-state index contributed by atoms with van der Waals surface area (Å²) in [5.74, 6) is -0.430. The molecule has 0 heterocycles. The van der Waals surface area contributed by atoms with Gasteiger partial charge >= 0.3 is 0 Å². The largest absolute Gasteiger partial charge is 0.495 e. The van der Waals surface area contributed by atoms with Crippen molar-refractivity contribution >= 4 is 27.5 Å². The summed E-state index contributed by atoms with van der Waals surface area (Å²) < 4.78 is 31.7. The number of aryl methyl sites for hydroxylation is 1. The van der Waals surface area contributed by atoms with E-state index in [0.29, 0.717) is 12.2 Å². The first-order valence-electron chi connectivity index (χ1n) is 11.2. The summed E-state index contributed by atoms with van der Waals surface area (Å²) in [6.45, 7) is 7.19. The molecule has 1 N–H and O–H groups in total. The lowest BCUT2D eigenvalue weighted by molar-refractivity contribution is -0.140. The Morgan fingerprint density at radius 3 is 2.32 bits per heavy atom. The molecule has 0 aliphatic carbocycles.